The third-order valence-corrected chi connectivity index (χ3v) is 7.81. The molecular formula is C28H28ClNO6. The van der Waals surface area contributed by atoms with Gasteiger partial charge in [-0.05, 0) is 41.5 Å². The van der Waals surface area contributed by atoms with Crippen LogP contribution in [-0.2, 0) is 25.9 Å². The number of hydrogen-bond acceptors (Lipinski definition) is 5. The number of rotatable bonds is 5. The van der Waals surface area contributed by atoms with Crippen molar-refractivity contribution in [3.63, 3.8) is 0 Å². The monoisotopic (exact) mass is 509 g/mol. The van der Waals surface area contributed by atoms with E-state index in [0.717, 1.165) is 65.5 Å². The van der Waals surface area contributed by atoms with Crippen LogP contribution in [0.4, 0.5) is 0 Å². The van der Waals surface area contributed by atoms with Gasteiger partial charge in [0.15, 0.2) is 23.0 Å². The summed E-state index contributed by atoms with van der Waals surface area (Å²) >= 11 is 0. The number of quaternary nitrogens is 1. The van der Waals surface area contributed by atoms with Crippen molar-refractivity contribution in [1.82, 2.24) is 0 Å². The molecule has 0 radical (unpaired) electrons. The highest BCUT2D eigenvalue weighted by Crippen LogP contribution is 2.51. The standard InChI is InChI=1S/C28H27NO6.ClH/c1-32-24-8-7-19-11-23-21-13-26-25(34-16-35-26)12-20(21)9-10-29(23,15-22(19)27(24)33-2)14-17-3-5-18(6-4-17)28(30)31;/h3-8,12-13,23H,9-11,14-16H2,1-2H3;1H. The molecule has 0 saturated heterocycles. The van der Waals surface area contributed by atoms with Crippen LogP contribution < -0.4 is 31.4 Å². The van der Waals surface area contributed by atoms with Crippen molar-refractivity contribution < 1.29 is 45.7 Å². The molecule has 6 rings (SSSR count). The molecular weight excluding hydrogens is 482 g/mol. The molecule has 7 nitrogen and oxygen atoms in total. The van der Waals surface area contributed by atoms with Crippen molar-refractivity contribution in [3.05, 3.63) is 81.9 Å². The van der Waals surface area contributed by atoms with Gasteiger partial charge in [-0.25, -0.2) is 4.79 Å². The molecule has 0 fully saturated rings. The van der Waals surface area contributed by atoms with Crippen molar-refractivity contribution in [2.45, 2.75) is 32.0 Å². The predicted octanol–water partition coefficient (Wildman–Crippen LogP) is 1.51. The maximum absolute atomic E-state index is 11.4. The number of benzene rings is 3. The third-order valence-electron chi connectivity index (χ3n) is 7.81. The fourth-order valence-electron chi connectivity index (χ4n) is 6.09. The minimum Gasteiger partial charge on any atom is -1.00 e. The molecule has 3 heterocycles. The summed E-state index contributed by atoms with van der Waals surface area (Å²) in [7, 11) is 3.37. The van der Waals surface area contributed by atoms with Gasteiger partial charge in [-0.15, -0.1) is 0 Å². The second kappa shape index (κ2) is 9.22. The number of carboxylic acid groups (broad SMARTS) is 1. The topological polar surface area (TPSA) is 74.2 Å². The number of halogens is 1. The smallest absolute Gasteiger partial charge is 0.335 e. The number of nitrogens with zero attached hydrogens (tertiary/aromatic N) is 1. The van der Waals surface area contributed by atoms with Crippen LogP contribution in [0.3, 0.4) is 0 Å². The van der Waals surface area contributed by atoms with Gasteiger partial charge in [-0.2, -0.15) is 0 Å². The first-order valence-corrected chi connectivity index (χ1v) is 11.8. The molecule has 0 aromatic heterocycles. The first-order chi connectivity index (χ1) is 17.0. The van der Waals surface area contributed by atoms with Gasteiger partial charge in [0.1, 0.15) is 19.1 Å². The van der Waals surface area contributed by atoms with E-state index in [1.54, 1.807) is 26.4 Å². The van der Waals surface area contributed by atoms with Crippen LogP contribution in [0.2, 0.25) is 0 Å². The SMILES string of the molecule is COc1ccc2c(c1OC)C[N+]1(Cc3ccc(C(=O)O)cc3)CCc3cc4c(cc3C1C2)OCO4.[Cl-]. The summed E-state index contributed by atoms with van der Waals surface area (Å²) in [6.07, 6.45) is 1.80. The highest BCUT2D eigenvalue weighted by molar-refractivity contribution is 5.87. The molecule has 3 aliphatic heterocycles. The Morgan fingerprint density at radius 3 is 2.47 bits per heavy atom. The van der Waals surface area contributed by atoms with Crippen LogP contribution in [-0.4, -0.2) is 43.1 Å². The van der Waals surface area contributed by atoms with Crippen LogP contribution in [0.5, 0.6) is 23.0 Å². The van der Waals surface area contributed by atoms with Gasteiger partial charge in [0.25, 0.3) is 0 Å². The van der Waals surface area contributed by atoms with Gasteiger partial charge in [0.2, 0.25) is 6.79 Å². The van der Waals surface area contributed by atoms with E-state index in [2.05, 4.69) is 18.2 Å². The van der Waals surface area contributed by atoms with E-state index >= 15 is 0 Å². The second-order valence-corrected chi connectivity index (χ2v) is 9.57. The second-order valence-electron chi connectivity index (χ2n) is 9.57. The van der Waals surface area contributed by atoms with Crippen molar-refractivity contribution >= 4 is 5.97 Å². The number of aromatic carboxylic acids is 1. The Kier molecular flexibility index (Phi) is 6.22. The van der Waals surface area contributed by atoms with Crippen LogP contribution in [0, 0.1) is 0 Å². The van der Waals surface area contributed by atoms with E-state index in [-0.39, 0.29) is 25.2 Å². The fourth-order valence-corrected chi connectivity index (χ4v) is 6.09. The van der Waals surface area contributed by atoms with Gasteiger partial charge in [-0.1, -0.05) is 18.2 Å². The number of ether oxygens (including phenoxy) is 4. The molecule has 188 valence electrons. The van der Waals surface area contributed by atoms with E-state index in [1.165, 1.54) is 22.3 Å². The molecule has 0 aliphatic carbocycles. The molecule has 0 saturated carbocycles. The summed E-state index contributed by atoms with van der Waals surface area (Å²) in [5.74, 6) is 2.28. The highest BCUT2D eigenvalue weighted by atomic mass is 35.5. The van der Waals surface area contributed by atoms with Gasteiger partial charge in [0.05, 0.1) is 31.9 Å². The molecule has 0 amide bonds. The van der Waals surface area contributed by atoms with E-state index in [9.17, 15) is 9.90 Å². The molecule has 3 aromatic carbocycles. The highest BCUT2D eigenvalue weighted by Gasteiger charge is 2.47. The minimum absolute atomic E-state index is 0. The number of fused-ring (bicyclic) bond motifs is 5. The third kappa shape index (κ3) is 3.83. The van der Waals surface area contributed by atoms with Crippen LogP contribution >= 0.6 is 0 Å². The summed E-state index contributed by atoms with van der Waals surface area (Å²) in [6.45, 7) is 2.81. The Labute approximate surface area is 216 Å². The molecule has 0 bridgehead atoms. The molecule has 2 atom stereocenters. The fraction of sp³-hybridized carbons (Fsp3) is 0.321. The number of methoxy groups -OCH3 is 2. The quantitative estimate of drug-likeness (QED) is 0.526. The maximum atomic E-state index is 11.4. The molecule has 3 aliphatic rings. The van der Waals surface area contributed by atoms with Gasteiger partial charge in [-0.3, -0.25) is 0 Å². The Hall–Kier alpha value is -3.42. The van der Waals surface area contributed by atoms with Crippen molar-refractivity contribution in [2.24, 2.45) is 0 Å². The summed E-state index contributed by atoms with van der Waals surface area (Å²) < 4.78 is 23.7. The predicted molar refractivity (Wildman–Crippen MR) is 128 cm³/mol. The molecule has 8 heteroatoms. The van der Waals surface area contributed by atoms with Crippen LogP contribution in [0.1, 0.15) is 44.2 Å². The van der Waals surface area contributed by atoms with E-state index in [0.29, 0.717) is 5.56 Å². The van der Waals surface area contributed by atoms with Crippen LogP contribution in [0.25, 0.3) is 0 Å². The lowest BCUT2D eigenvalue weighted by atomic mass is 9.80. The Bertz CT molecular complexity index is 1320. The number of carbonyl (C=O) groups is 1. The largest absolute Gasteiger partial charge is 1.00 e. The van der Waals surface area contributed by atoms with Gasteiger partial charge in [0, 0.05) is 24.0 Å². The number of hydrogen-bond donors (Lipinski definition) is 1. The lowest BCUT2D eigenvalue weighted by Crippen LogP contribution is -3.00. The average Bonchev–Trinajstić information content (AvgIpc) is 3.33. The Balaban J connectivity index is 0.00000267. The maximum Gasteiger partial charge on any atom is 0.335 e. The van der Waals surface area contributed by atoms with E-state index in [4.69, 9.17) is 18.9 Å². The molecule has 0 spiro atoms. The van der Waals surface area contributed by atoms with Crippen molar-refractivity contribution in [1.29, 1.82) is 0 Å². The zero-order chi connectivity index (χ0) is 24.2. The first-order valence-electron chi connectivity index (χ1n) is 11.8. The zero-order valence-electron chi connectivity index (χ0n) is 20.3. The van der Waals surface area contributed by atoms with E-state index < -0.39 is 5.97 Å². The lowest BCUT2D eigenvalue weighted by molar-refractivity contribution is -0.985. The van der Waals surface area contributed by atoms with Gasteiger partial charge >= 0.3 is 5.97 Å². The molecule has 2 unspecified atom stereocenters. The summed E-state index contributed by atoms with van der Waals surface area (Å²) in [5.41, 5.74) is 6.51. The van der Waals surface area contributed by atoms with Crippen LogP contribution in [0.15, 0.2) is 48.5 Å². The summed E-state index contributed by atoms with van der Waals surface area (Å²) in [4.78, 5) is 11.4. The van der Waals surface area contributed by atoms with E-state index in [1.807, 2.05) is 18.2 Å². The molecule has 1 N–H and O–H groups in total. The van der Waals surface area contributed by atoms with Crippen molar-refractivity contribution in [3.8, 4) is 23.0 Å². The average molecular weight is 510 g/mol. The Morgan fingerprint density at radius 2 is 1.78 bits per heavy atom. The zero-order valence-corrected chi connectivity index (χ0v) is 21.0. The molecule has 36 heavy (non-hydrogen) atoms. The normalized spacial score (nSPS) is 20.9. The minimum atomic E-state index is -0.909. The Morgan fingerprint density at radius 1 is 1.03 bits per heavy atom. The lowest BCUT2D eigenvalue weighted by Gasteiger charge is -2.51. The number of carboxylic acids is 1. The first kappa shape index (κ1) is 24.3. The summed E-state index contributed by atoms with van der Waals surface area (Å²) in [6, 6.07) is 16.0. The van der Waals surface area contributed by atoms with Gasteiger partial charge < -0.3 is 40.9 Å². The summed E-state index contributed by atoms with van der Waals surface area (Å²) in [5, 5.41) is 9.33. The molecule has 3 aromatic rings. The van der Waals surface area contributed by atoms with Crippen molar-refractivity contribution in [2.75, 3.05) is 27.6 Å².